The molecule has 0 heterocycles. The number of anilines is 1. The number of hydrogen-bond acceptors (Lipinski definition) is 3. The molecule has 5 nitrogen and oxygen atoms in total. The van der Waals surface area contributed by atoms with Crippen LogP contribution in [0.2, 0.25) is 0 Å². The zero-order valence-electron chi connectivity index (χ0n) is 10.9. The van der Waals surface area contributed by atoms with E-state index >= 15 is 0 Å². The number of nitrogens with one attached hydrogen (secondary N) is 1. The molecule has 0 bridgehead atoms. The van der Waals surface area contributed by atoms with E-state index in [-0.39, 0.29) is 17.5 Å². The number of nitrogens with zero attached hydrogens (tertiary/aromatic N) is 1. The molecule has 5 heteroatoms. The summed E-state index contributed by atoms with van der Waals surface area (Å²) in [6.45, 7) is 5.65. The van der Waals surface area contributed by atoms with Gasteiger partial charge < -0.3 is 5.32 Å². The second kappa shape index (κ2) is 6.14. The molecule has 0 radical (unpaired) electrons. The van der Waals surface area contributed by atoms with Crippen LogP contribution in [0.4, 0.5) is 11.4 Å². The van der Waals surface area contributed by atoms with Gasteiger partial charge in [-0.15, -0.1) is 0 Å². The summed E-state index contributed by atoms with van der Waals surface area (Å²) < 4.78 is 0. The highest BCUT2D eigenvalue weighted by molar-refractivity contribution is 5.93. The van der Waals surface area contributed by atoms with Crippen molar-refractivity contribution in [2.24, 2.45) is 5.92 Å². The molecule has 1 aromatic carbocycles. The van der Waals surface area contributed by atoms with Gasteiger partial charge in [-0.2, -0.15) is 0 Å². The lowest BCUT2D eigenvalue weighted by Gasteiger charge is -2.12. The van der Waals surface area contributed by atoms with Crippen molar-refractivity contribution in [3.8, 4) is 0 Å². The van der Waals surface area contributed by atoms with E-state index in [0.29, 0.717) is 11.3 Å². The molecule has 0 aromatic heterocycles. The van der Waals surface area contributed by atoms with Gasteiger partial charge in [0.05, 0.1) is 4.92 Å². The minimum atomic E-state index is -0.446. The highest BCUT2D eigenvalue weighted by atomic mass is 16.6. The second-order valence-corrected chi connectivity index (χ2v) is 4.44. The molecule has 0 aliphatic carbocycles. The van der Waals surface area contributed by atoms with E-state index in [1.807, 2.05) is 13.8 Å². The number of benzene rings is 1. The number of carbonyl (C=O) groups excluding carboxylic acids is 1. The monoisotopic (exact) mass is 250 g/mol. The summed E-state index contributed by atoms with van der Waals surface area (Å²) in [7, 11) is 0. The van der Waals surface area contributed by atoms with Crippen molar-refractivity contribution in [1.29, 1.82) is 0 Å². The summed E-state index contributed by atoms with van der Waals surface area (Å²) in [5.41, 5.74) is 1.36. The molecular weight excluding hydrogens is 232 g/mol. The summed E-state index contributed by atoms with van der Waals surface area (Å²) in [6.07, 6.45) is 1.78. The standard InChI is InChI=1S/C13H18N2O3/c1-4-5-9(2)13(16)14-12-7-6-11(15(17)18)8-10(12)3/h6-9H,4-5H2,1-3H3,(H,14,16)/t9-/m1/s1. The maximum absolute atomic E-state index is 11.8. The lowest BCUT2D eigenvalue weighted by molar-refractivity contribution is -0.384. The highest BCUT2D eigenvalue weighted by Gasteiger charge is 2.14. The summed E-state index contributed by atoms with van der Waals surface area (Å²) in [6, 6.07) is 4.43. The predicted molar refractivity (Wildman–Crippen MR) is 70.5 cm³/mol. The number of carbonyl (C=O) groups is 1. The second-order valence-electron chi connectivity index (χ2n) is 4.44. The van der Waals surface area contributed by atoms with Crippen molar-refractivity contribution in [2.45, 2.75) is 33.6 Å². The number of aryl methyl sites for hydroxylation is 1. The molecule has 0 saturated carbocycles. The summed E-state index contributed by atoms with van der Waals surface area (Å²) in [4.78, 5) is 22.0. The van der Waals surface area contributed by atoms with Crippen LogP contribution < -0.4 is 5.32 Å². The number of hydrogen-bond donors (Lipinski definition) is 1. The minimum Gasteiger partial charge on any atom is -0.326 e. The van der Waals surface area contributed by atoms with Gasteiger partial charge in [-0.3, -0.25) is 14.9 Å². The Kier molecular flexibility index (Phi) is 4.83. The number of nitro benzene ring substituents is 1. The molecule has 0 unspecified atom stereocenters. The fourth-order valence-electron chi connectivity index (χ4n) is 1.72. The Bertz CT molecular complexity index is 458. The Morgan fingerprint density at radius 3 is 2.67 bits per heavy atom. The van der Waals surface area contributed by atoms with Crippen LogP contribution in [0, 0.1) is 23.0 Å². The number of rotatable bonds is 5. The molecule has 98 valence electrons. The Morgan fingerprint density at radius 2 is 2.17 bits per heavy atom. The number of nitro groups is 1. The Morgan fingerprint density at radius 1 is 1.50 bits per heavy atom. The van der Waals surface area contributed by atoms with E-state index in [2.05, 4.69) is 5.32 Å². The maximum atomic E-state index is 11.8. The fraction of sp³-hybridized carbons (Fsp3) is 0.462. The molecule has 18 heavy (non-hydrogen) atoms. The van der Waals surface area contributed by atoms with E-state index < -0.39 is 4.92 Å². The first-order valence-corrected chi connectivity index (χ1v) is 6.01. The van der Waals surface area contributed by atoms with E-state index in [1.54, 1.807) is 13.0 Å². The van der Waals surface area contributed by atoms with Crippen molar-refractivity contribution < 1.29 is 9.72 Å². The summed E-state index contributed by atoms with van der Waals surface area (Å²) in [5.74, 6) is -0.0987. The average Bonchev–Trinajstić information content (AvgIpc) is 2.31. The fourth-order valence-corrected chi connectivity index (χ4v) is 1.72. The minimum absolute atomic E-state index is 0.0344. The van der Waals surface area contributed by atoms with Crippen LogP contribution >= 0.6 is 0 Å². The van der Waals surface area contributed by atoms with Gasteiger partial charge in [0.15, 0.2) is 0 Å². The van der Waals surface area contributed by atoms with Crippen LogP contribution in [0.15, 0.2) is 18.2 Å². The molecule has 0 aliphatic heterocycles. The zero-order valence-corrected chi connectivity index (χ0v) is 10.9. The summed E-state index contributed by atoms with van der Waals surface area (Å²) in [5, 5.41) is 13.4. The maximum Gasteiger partial charge on any atom is 0.269 e. The topological polar surface area (TPSA) is 72.2 Å². The van der Waals surface area contributed by atoms with Gasteiger partial charge in [0.25, 0.3) is 5.69 Å². The lowest BCUT2D eigenvalue weighted by atomic mass is 10.0. The number of amides is 1. The first-order chi connectivity index (χ1) is 8.45. The first-order valence-electron chi connectivity index (χ1n) is 6.01. The smallest absolute Gasteiger partial charge is 0.269 e. The largest absolute Gasteiger partial charge is 0.326 e. The van der Waals surface area contributed by atoms with Crippen LogP contribution in [0.1, 0.15) is 32.3 Å². The molecule has 0 fully saturated rings. The molecule has 1 N–H and O–H groups in total. The van der Waals surface area contributed by atoms with Crippen LogP contribution in [0.25, 0.3) is 0 Å². The lowest BCUT2D eigenvalue weighted by Crippen LogP contribution is -2.20. The molecule has 0 saturated heterocycles. The van der Waals surface area contributed by atoms with Gasteiger partial charge in [0, 0.05) is 23.7 Å². The van der Waals surface area contributed by atoms with Crippen LogP contribution in [-0.2, 0) is 4.79 Å². The zero-order chi connectivity index (χ0) is 13.7. The number of non-ortho nitro benzene ring substituents is 1. The van der Waals surface area contributed by atoms with Gasteiger partial charge >= 0.3 is 0 Å². The SMILES string of the molecule is CCC[C@@H](C)C(=O)Nc1ccc([N+](=O)[O-])cc1C. The van der Waals surface area contributed by atoms with Crippen molar-refractivity contribution in [3.05, 3.63) is 33.9 Å². The van der Waals surface area contributed by atoms with Crippen LogP contribution in [-0.4, -0.2) is 10.8 Å². The average molecular weight is 250 g/mol. The van der Waals surface area contributed by atoms with Gasteiger partial charge in [-0.05, 0) is 25.0 Å². The Hall–Kier alpha value is -1.91. The molecule has 1 rings (SSSR count). The van der Waals surface area contributed by atoms with Gasteiger partial charge in [-0.25, -0.2) is 0 Å². The van der Waals surface area contributed by atoms with E-state index in [9.17, 15) is 14.9 Å². The summed E-state index contributed by atoms with van der Waals surface area (Å²) >= 11 is 0. The Balaban J connectivity index is 2.79. The third kappa shape index (κ3) is 3.55. The first kappa shape index (κ1) is 14.2. The molecule has 1 atom stereocenters. The van der Waals surface area contributed by atoms with E-state index in [4.69, 9.17) is 0 Å². The molecular formula is C13H18N2O3. The third-order valence-electron chi connectivity index (χ3n) is 2.85. The van der Waals surface area contributed by atoms with Crippen molar-refractivity contribution in [1.82, 2.24) is 0 Å². The van der Waals surface area contributed by atoms with Gasteiger partial charge in [-0.1, -0.05) is 20.3 Å². The van der Waals surface area contributed by atoms with Crippen LogP contribution in [0.5, 0.6) is 0 Å². The highest BCUT2D eigenvalue weighted by Crippen LogP contribution is 2.22. The normalized spacial score (nSPS) is 11.9. The van der Waals surface area contributed by atoms with Gasteiger partial charge in [0.2, 0.25) is 5.91 Å². The third-order valence-corrected chi connectivity index (χ3v) is 2.85. The predicted octanol–water partition coefficient (Wildman–Crippen LogP) is 3.28. The van der Waals surface area contributed by atoms with Crippen LogP contribution in [0.3, 0.4) is 0 Å². The van der Waals surface area contributed by atoms with Gasteiger partial charge in [0.1, 0.15) is 0 Å². The molecule has 1 aromatic rings. The quantitative estimate of drug-likeness (QED) is 0.643. The Labute approximate surface area is 106 Å². The van der Waals surface area contributed by atoms with E-state index in [0.717, 1.165) is 12.8 Å². The van der Waals surface area contributed by atoms with Crippen molar-refractivity contribution in [2.75, 3.05) is 5.32 Å². The molecule has 0 aliphatic rings. The van der Waals surface area contributed by atoms with E-state index in [1.165, 1.54) is 12.1 Å². The van der Waals surface area contributed by atoms with Crippen molar-refractivity contribution >= 4 is 17.3 Å². The van der Waals surface area contributed by atoms with Crippen molar-refractivity contribution in [3.63, 3.8) is 0 Å². The molecule has 0 spiro atoms. The molecule has 1 amide bonds.